The third-order valence-electron chi connectivity index (χ3n) is 5.00. The lowest BCUT2D eigenvalue weighted by atomic mass is 10.0. The van der Waals surface area contributed by atoms with E-state index in [4.69, 9.17) is 16.3 Å². The van der Waals surface area contributed by atoms with Gasteiger partial charge >= 0.3 is 0 Å². The van der Waals surface area contributed by atoms with Gasteiger partial charge in [-0.25, -0.2) is 13.3 Å². The third kappa shape index (κ3) is 2.80. The molecule has 2 N–H and O–H groups in total. The van der Waals surface area contributed by atoms with E-state index in [1.54, 1.807) is 35.1 Å². The van der Waals surface area contributed by atoms with E-state index < -0.39 is 17.9 Å². The molecule has 7 nitrogen and oxygen atoms in total. The Morgan fingerprint density at radius 1 is 1.45 bits per heavy atom. The minimum absolute atomic E-state index is 0.00655. The number of pyridine rings is 1. The minimum Gasteiger partial charge on any atom is -0.491 e. The Balaban J connectivity index is 1.58. The molecule has 2 atom stereocenters. The number of amides is 1. The van der Waals surface area contributed by atoms with Gasteiger partial charge in [-0.3, -0.25) is 9.89 Å². The van der Waals surface area contributed by atoms with Gasteiger partial charge in [0.1, 0.15) is 11.7 Å². The van der Waals surface area contributed by atoms with Crippen LogP contribution in [0, 0.1) is 11.7 Å². The number of aromatic nitrogens is 4. The number of alkyl halides is 1. The van der Waals surface area contributed by atoms with Crippen molar-refractivity contribution in [3.8, 4) is 16.9 Å². The molecule has 4 aromatic rings. The summed E-state index contributed by atoms with van der Waals surface area (Å²) >= 11 is 6.32. The molecule has 0 radical (unpaired) electrons. The summed E-state index contributed by atoms with van der Waals surface area (Å²) in [6, 6.07) is 5.14. The topological polar surface area (TPSA) is 84.3 Å². The predicted molar refractivity (Wildman–Crippen MR) is 103 cm³/mol. The highest BCUT2D eigenvalue weighted by molar-refractivity contribution is 6.35. The first-order valence-electron chi connectivity index (χ1n) is 8.80. The van der Waals surface area contributed by atoms with Crippen molar-refractivity contribution in [2.75, 3.05) is 12.4 Å². The van der Waals surface area contributed by atoms with E-state index in [2.05, 4.69) is 20.6 Å². The van der Waals surface area contributed by atoms with Crippen molar-refractivity contribution >= 4 is 39.7 Å². The van der Waals surface area contributed by atoms with Crippen LogP contribution in [0.1, 0.15) is 6.42 Å². The van der Waals surface area contributed by atoms with Crippen LogP contribution in [0.4, 0.5) is 14.6 Å². The molecule has 0 unspecified atom stereocenters. The van der Waals surface area contributed by atoms with Gasteiger partial charge in [0.05, 0.1) is 29.8 Å². The van der Waals surface area contributed by atoms with Crippen LogP contribution in [0.3, 0.4) is 0 Å². The quantitative estimate of drug-likeness (QED) is 0.526. The largest absolute Gasteiger partial charge is 0.491 e. The normalized spacial score (nSPS) is 18.3. The van der Waals surface area contributed by atoms with Gasteiger partial charge in [0.25, 0.3) is 0 Å². The van der Waals surface area contributed by atoms with E-state index in [0.717, 1.165) is 0 Å². The number of rotatable bonds is 4. The number of carbonyl (C=O) groups excluding carboxylic acids is 1. The van der Waals surface area contributed by atoms with Gasteiger partial charge in [-0.15, -0.1) is 0 Å². The summed E-state index contributed by atoms with van der Waals surface area (Å²) in [4.78, 5) is 11.9. The molecule has 0 saturated heterocycles. The molecular formula is C19H14ClF2N5O2. The second kappa shape index (κ2) is 6.41. The Kier molecular flexibility index (Phi) is 3.95. The molecule has 29 heavy (non-hydrogen) atoms. The molecule has 10 heteroatoms. The maximum Gasteiger partial charge on any atom is 0.231 e. The van der Waals surface area contributed by atoms with E-state index >= 15 is 0 Å². The Labute approximate surface area is 167 Å². The van der Waals surface area contributed by atoms with Crippen molar-refractivity contribution in [3.05, 3.63) is 41.4 Å². The van der Waals surface area contributed by atoms with Crippen molar-refractivity contribution in [2.24, 2.45) is 5.92 Å². The summed E-state index contributed by atoms with van der Waals surface area (Å²) in [5, 5.41) is 14.1. The standard InChI is InChI=1S/C19H14ClF2N5O2/c1-29-18-16(22)15(20)14(11-7-23-25-17(11)18)8-2-3-27-9(4-8)5-13(26-27)24-19(28)10-6-12(10)21/h2-5,7,10,12H,6H2,1H3,(H,23,25)(H,24,26,28)/t10-,12+/m1/s1. The lowest BCUT2D eigenvalue weighted by Crippen LogP contribution is -2.15. The van der Waals surface area contributed by atoms with Gasteiger partial charge in [0, 0.05) is 23.2 Å². The van der Waals surface area contributed by atoms with E-state index in [9.17, 15) is 13.6 Å². The second-order valence-corrected chi connectivity index (χ2v) is 7.23. The lowest BCUT2D eigenvalue weighted by Gasteiger charge is -2.11. The summed E-state index contributed by atoms with van der Waals surface area (Å²) in [7, 11) is 1.36. The van der Waals surface area contributed by atoms with Gasteiger partial charge in [0.2, 0.25) is 5.91 Å². The Morgan fingerprint density at radius 3 is 2.97 bits per heavy atom. The van der Waals surface area contributed by atoms with E-state index in [-0.39, 0.29) is 23.1 Å². The zero-order valence-corrected chi connectivity index (χ0v) is 15.8. The number of ether oxygens (including phenoxy) is 1. The maximum absolute atomic E-state index is 14.7. The third-order valence-corrected chi connectivity index (χ3v) is 5.36. The number of halogens is 3. The zero-order valence-electron chi connectivity index (χ0n) is 15.0. The van der Waals surface area contributed by atoms with Crippen molar-refractivity contribution in [3.63, 3.8) is 0 Å². The predicted octanol–water partition coefficient (Wildman–Crippen LogP) is 3.98. The van der Waals surface area contributed by atoms with Crippen LogP contribution < -0.4 is 10.1 Å². The molecular weight excluding hydrogens is 404 g/mol. The first-order chi connectivity index (χ1) is 14.0. The molecule has 1 amide bonds. The number of hydrogen-bond donors (Lipinski definition) is 2. The molecule has 0 aliphatic heterocycles. The van der Waals surface area contributed by atoms with E-state index in [1.165, 1.54) is 7.11 Å². The fourth-order valence-electron chi connectivity index (χ4n) is 3.43. The minimum atomic E-state index is -1.08. The Morgan fingerprint density at radius 2 is 2.24 bits per heavy atom. The van der Waals surface area contributed by atoms with Crippen LogP contribution in [0.15, 0.2) is 30.6 Å². The molecule has 1 aliphatic carbocycles. The number of nitrogens with zero attached hydrogens (tertiary/aromatic N) is 3. The monoisotopic (exact) mass is 417 g/mol. The highest BCUT2D eigenvalue weighted by atomic mass is 35.5. The molecule has 3 heterocycles. The van der Waals surface area contributed by atoms with Gasteiger partial charge in [0.15, 0.2) is 17.4 Å². The average molecular weight is 418 g/mol. The zero-order chi connectivity index (χ0) is 20.3. The Bertz CT molecular complexity index is 1280. The number of nitrogens with one attached hydrogen (secondary N) is 2. The molecule has 5 rings (SSSR count). The molecule has 0 bridgehead atoms. The van der Waals surface area contributed by atoms with Gasteiger partial charge in [-0.05, 0) is 24.1 Å². The highest BCUT2D eigenvalue weighted by Crippen LogP contribution is 2.42. The number of anilines is 1. The summed E-state index contributed by atoms with van der Waals surface area (Å²) < 4.78 is 34.5. The maximum atomic E-state index is 14.7. The first kappa shape index (κ1) is 17.9. The van der Waals surface area contributed by atoms with Crippen LogP contribution in [0.5, 0.6) is 5.75 Å². The number of carbonyl (C=O) groups is 1. The van der Waals surface area contributed by atoms with E-state index in [0.29, 0.717) is 33.4 Å². The smallest absolute Gasteiger partial charge is 0.231 e. The SMILES string of the molecule is COc1c(F)c(Cl)c(-c2ccn3nc(NC(=O)[C@@H]4C[C@@H]4F)cc3c2)c2cn[nH]c12. The van der Waals surface area contributed by atoms with Crippen molar-refractivity contribution in [2.45, 2.75) is 12.6 Å². The first-order valence-corrected chi connectivity index (χ1v) is 9.18. The van der Waals surface area contributed by atoms with Crippen LogP contribution in [0.25, 0.3) is 27.5 Å². The summed E-state index contributed by atoms with van der Waals surface area (Å²) in [6.45, 7) is 0. The number of benzene rings is 1. The number of fused-ring (bicyclic) bond motifs is 2. The molecule has 3 aromatic heterocycles. The highest BCUT2D eigenvalue weighted by Gasteiger charge is 2.43. The van der Waals surface area contributed by atoms with Gasteiger partial charge < -0.3 is 10.1 Å². The molecule has 1 saturated carbocycles. The van der Waals surface area contributed by atoms with Crippen LogP contribution in [-0.2, 0) is 4.79 Å². The number of aromatic amines is 1. The summed E-state index contributed by atoms with van der Waals surface area (Å²) in [6.07, 6.45) is 2.38. The average Bonchev–Trinajstić information content (AvgIpc) is 3.08. The van der Waals surface area contributed by atoms with Crippen molar-refractivity contribution < 1.29 is 18.3 Å². The summed E-state index contributed by atoms with van der Waals surface area (Å²) in [5.41, 5.74) is 2.14. The number of methoxy groups -OCH3 is 1. The van der Waals surface area contributed by atoms with E-state index in [1.807, 2.05) is 0 Å². The molecule has 1 aromatic carbocycles. The molecule has 1 aliphatic rings. The lowest BCUT2D eigenvalue weighted by molar-refractivity contribution is -0.117. The van der Waals surface area contributed by atoms with Crippen LogP contribution in [0.2, 0.25) is 5.02 Å². The molecule has 1 fully saturated rings. The number of H-pyrrole nitrogens is 1. The van der Waals surface area contributed by atoms with Gasteiger partial charge in [-0.1, -0.05) is 11.6 Å². The van der Waals surface area contributed by atoms with Gasteiger partial charge in [-0.2, -0.15) is 10.2 Å². The Hall–Kier alpha value is -3.20. The molecule has 0 spiro atoms. The van der Waals surface area contributed by atoms with Crippen molar-refractivity contribution in [1.82, 2.24) is 19.8 Å². The van der Waals surface area contributed by atoms with Crippen molar-refractivity contribution in [1.29, 1.82) is 0 Å². The fourth-order valence-corrected chi connectivity index (χ4v) is 3.72. The van der Waals surface area contributed by atoms with Crippen LogP contribution >= 0.6 is 11.6 Å². The van der Waals surface area contributed by atoms with Crippen LogP contribution in [-0.4, -0.2) is 39.0 Å². The fraction of sp³-hybridized carbons (Fsp3) is 0.211. The number of hydrogen-bond acceptors (Lipinski definition) is 4. The second-order valence-electron chi connectivity index (χ2n) is 6.86. The molecule has 148 valence electrons. The summed E-state index contributed by atoms with van der Waals surface area (Å²) in [5.74, 6) is -1.38.